The number of fused-ring (bicyclic) bond motifs is 1. The van der Waals surface area contributed by atoms with Gasteiger partial charge in [-0.25, -0.2) is 9.18 Å². The van der Waals surface area contributed by atoms with Crippen molar-refractivity contribution in [2.45, 2.75) is 13.1 Å². The molecule has 3 rings (SSSR count). The maximum Gasteiger partial charge on any atom is 0.353 e. The van der Waals surface area contributed by atoms with Crippen LogP contribution in [-0.4, -0.2) is 28.1 Å². The number of carboxylic acid groups (broad SMARTS) is 1. The van der Waals surface area contributed by atoms with Crippen molar-refractivity contribution < 1.29 is 23.8 Å². The molecule has 1 atom stereocenters. The highest BCUT2D eigenvalue weighted by Gasteiger charge is 2.23. The summed E-state index contributed by atoms with van der Waals surface area (Å²) in [7, 11) is 0. The molecule has 1 aliphatic rings. The zero-order chi connectivity index (χ0) is 14.3. The van der Waals surface area contributed by atoms with Crippen LogP contribution in [0.5, 0.6) is 11.5 Å². The fourth-order valence-corrected chi connectivity index (χ4v) is 2.02. The van der Waals surface area contributed by atoms with Gasteiger partial charge in [-0.1, -0.05) is 0 Å². The first-order valence-electron chi connectivity index (χ1n) is 5.93. The molecule has 0 saturated heterocycles. The Balaban J connectivity index is 2.14. The Bertz CT molecular complexity index is 681. The van der Waals surface area contributed by atoms with E-state index in [4.69, 9.17) is 14.6 Å². The summed E-state index contributed by atoms with van der Waals surface area (Å²) in [5.74, 6) is -0.243. The Morgan fingerprint density at radius 3 is 2.90 bits per heavy atom. The molecule has 7 heteroatoms. The van der Waals surface area contributed by atoms with E-state index >= 15 is 0 Å². The van der Waals surface area contributed by atoms with E-state index in [0.29, 0.717) is 28.3 Å². The van der Waals surface area contributed by atoms with Gasteiger partial charge in [0, 0.05) is 5.56 Å². The first-order chi connectivity index (χ1) is 9.56. The van der Waals surface area contributed by atoms with Crippen molar-refractivity contribution in [2.24, 2.45) is 0 Å². The van der Waals surface area contributed by atoms with Crippen LogP contribution < -0.4 is 9.47 Å². The van der Waals surface area contributed by atoms with E-state index in [0.717, 1.165) is 0 Å². The minimum Gasteiger partial charge on any atom is -0.477 e. The van der Waals surface area contributed by atoms with Gasteiger partial charge < -0.3 is 14.6 Å². The van der Waals surface area contributed by atoms with Crippen molar-refractivity contribution >= 4 is 5.97 Å². The molecule has 104 valence electrons. The van der Waals surface area contributed by atoms with Gasteiger partial charge in [-0.15, -0.1) is 0 Å². The molecule has 0 fully saturated rings. The predicted molar refractivity (Wildman–Crippen MR) is 66.6 cm³/mol. The summed E-state index contributed by atoms with van der Waals surface area (Å²) in [4.78, 5) is 10.9. The van der Waals surface area contributed by atoms with E-state index in [1.807, 2.05) is 0 Å². The van der Waals surface area contributed by atoms with Gasteiger partial charge in [0.1, 0.15) is 11.9 Å². The monoisotopic (exact) mass is 278 g/mol. The topological polar surface area (TPSA) is 84.4 Å². The Morgan fingerprint density at radius 2 is 2.25 bits per heavy atom. The number of halogens is 1. The molecular weight excluding hydrogens is 267 g/mol. The van der Waals surface area contributed by atoms with Crippen LogP contribution >= 0.6 is 0 Å². The zero-order valence-corrected chi connectivity index (χ0v) is 10.5. The van der Waals surface area contributed by atoms with Gasteiger partial charge >= 0.3 is 5.97 Å². The van der Waals surface area contributed by atoms with Crippen molar-refractivity contribution in [3.8, 4) is 22.8 Å². The summed E-state index contributed by atoms with van der Waals surface area (Å²) in [6, 6.07) is 4.52. The van der Waals surface area contributed by atoms with Crippen LogP contribution in [0.25, 0.3) is 11.3 Å². The second kappa shape index (κ2) is 4.52. The third-order valence-corrected chi connectivity index (χ3v) is 3.04. The maximum absolute atomic E-state index is 13.5. The SMILES string of the molecule is CC(F)c1cc2c(c(-c3cc(C(=O)O)[nH]n3)c1)OCO2. The number of ether oxygens (including phenoxy) is 2. The van der Waals surface area contributed by atoms with Gasteiger partial charge in [0.05, 0.1) is 5.69 Å². The Kier molecular flexibility index (Phi) is 2.81. The number of benzene rings is 1. The molecule has 0 saturated carbocycles. The average molecular weight is 278 g/mol. The van der Waals surface area contributed by atoms with Crippen LogP contribution in [0.3, 0.4) is 0 Å². The molecule has 2 N–H and O–H groups in total. The second-order valence-electron chi connectivity index (χ2n) is 4.39. The lowest BCUT2D eigenvalue weighted by atomic mass is 10.0. The predicted octanol–water partition coefficient (Wildman–Crippen LogP) is 2.53. The number of aromatic carboxylic acids is 1. The number of hydrogen-bond acceptors (Lipinski definition) is 4. The molecule has 2 heterocycles. The van der Waals surface area contributed by atoms with Gasteiger partial charge in [0.15, 0.2) is 11.5 Å². The first-order valence-corrected chi connectivity index (χ1v) is 5.93. The molecule has 1 aromatic carbocycles. The summed E-state index contributed by atoms with van der Waals surface area (Å²) in [6.07, 6.45) is -1.18. The molecule has 6 nitrogen and oxygen atoms in total. The molecule has 1 aliphatic heterocycles. The molecule has 0 amide bonds. The minimum atomic E-state index is -1.18. The summed E-state index contributed by atoms with van der Waals surface area (Å²) >= 11 is 0. The lowest BCUT2D eigenvalue weighted by Crippen LogP contribution is -1.95. The summed E-state index contributed by atoms with van der Waals surface area (Å²) in [5, 5.41) is 15.2. The number of aromatic amines is 1. The zero-order valence-electron chi connectivity index (χ0n) is 10.5. The molecule has 2 aromatic rings. The van der Waals surface area contributed by atoms with Gasteiger partial charge in [-0.05, 0) is 30.7 Å². The number of alkyl halides is 1. The van der Waals surface area contributed by atoms with Gasteiger partial charge in [-0.3, -0.25) is 5.10 Å². The summed E-state index contributed by atoms with van der Waals surface area (Å²) in [6.45, 7) is 1.46. The van der Waals surface area contributed by atoms with Gasteiger partial charge in [-0.2, -0.15) is 5.10 Å². The fraction of sp³-hybridized carbons (Fsp3) is 0.231. The molecule has 0 aliphatic carbocycles. The van der Waals surface area contributed by atoms with Gasteiger partial charge in [0.2, 0.25) is 6.79 Å². The number of carboxylic acids is 1. The average Bonchev–Trinajstić information content (AvgIpc) is 3.06. The molecule has 0 radical (unpaired) electrons. The van der Waals surface area contributed by atoms with Crippen LogP contribution in [0.15, 0.2) is 18.2 Å². The van der Waals surface area contributed by atoms with Crippen LogP contribution in [0.4, 0.5) is 4.39 Å². The second-order valence-corrected chi connectivity index (χ2v) is 4.39. The minimum absolute atomic E-state index is 0.0443. The highest BCUT2D eigenvalue weighted by atomic mass is 19.1. The van der Waals surface area contributed by atoms with E-state index in [2.05, 4.69) is 10.2 Å². The van der Waals surface area contributed by atoms with Crippen LogP contribution in [-0.2, 0) is 0 Å². The largest absolute Gasteiger partial charge is 0.477 e. The van der Waals surface area contributed by atoms with E-state index in [9.17, 15) is 9.18 Å². The Labute approximate surface area is 113 Å². The molecule has 0 spiro atoms. The Morgan fingerprint density at radius 1 is 1.45 bits per heavy atom. The number of nitrogens with one attached hydrogen (secondary N) is 1. The van der Waals surface area contributed by atoms with Crippen LogP contribution in [0.2, 0.25) is 0 Å². The fourth-order valence-electron chi connectivity index (χ4n) is 2.02. The Hall–Kier alpha value is -2.57. The number of aromatic nitrogens is 2. The standard InChI is InChI=1S/C13H11FN2O4/c1-6(14)7-2-8(12-11(3-7)19-5-20-12)9-4-10(13(17)18)16-15-9/h2-4,6H,5H2,1H3,(H,15,16)(H,17,18). The van der Waals surface area contributed by atoms with Crippen molar-refractivity contribution in [3.63, 3.8) is 0 Å². The number of hydrogen-bond donors (Lipinski definition) is 2. The number of H-pyrrole nitrogens is 1. The molecule has 1 unspecified atom stereocenters. The third-order valence-electron chi connectivity index (χ3n) is 3.04. The van der Waals surface area contributed by atoms with Crippen molar-refractivity contribution in [3.05, 3.63) is 29.5 Å². The summed E-state index contributed by atoms with van der Waals surface area (Å²) < 4.78 is 24.1. The molecule has 1 aromatic heterocycles. The van der Waals surface area contributed by atoms with E-state index in [-0.39, 0.29) is 12.5 Å². The van der Waals surface area contributed by atoms with Gasteiger partial charge in [0.25, 0.3) is 0 Å². The highest BCUT2D eigenvalue weighted by molar-refractivity contribution is 5.87. The number of rotatable bonds is 3. The third kappa shape index (κ3) is 1.97. The van der Waals surface area contributed by atoms with E-state index in [1.54, 1.807) is 12.1 Å². The smallest absolute Gasteiger partial charge is 0.353 e. The maximum atomic E-state index is 13.5. The number of carbonyl (C=O) groups is 1. The van der Waals surface area contributed by atoms with E-state index < -0.39 is 12.1 Å². The first kappa shape index (κ1) is 12.5. The molecule has 0 bridgehead atoms. The highest BCUT2D eigenvalue weighted by Crippen LogP contribution is 2.43. The lowest BCUT2D eigenvalue weighted by Gasteiger charge is -2.08. The van der Waals surface area contributed by atoms with Crippen molar-refractivity contribution in [1.29, 1.82) is 0 Å². The molecule has 20 heavy (non-hydrogen) atoms. The summed E-state index contributed by atoms with van der Waals surface area (Å²) in [5.41, 5.74) is 1.24. The number of nitrogens with zero attached hydrogens (tertiary/aromatic N) is 1. The van der Waals surface area contributed by atoms with Crippen molar-refractivity contribution in [2.75, 3.05) is 6.79 Å². The molecular formula is C13H11FN2O4. The quantitative estimate of drug-likeness (QED) is 0.901. The van der Waals surface area contributed by atoms with Crippen molar-refractivity contribution in [1.82, 2.24) is 10.2 Å². The lowest BCUT2D eigenvalue weighted by molar-refractivity contribution is 0.0690. The van der Waals surface area contributed by atoms with Crippen LogP contribution in [0, 0.1) is 0 Å². The normalized spacial score (nSPS) is 14.3. The van der Waals surface area contributed by atoms with Crippen LogP contribution in [0.1, 0.15) is 29.1 Å². The van der Waals surface area contributed by atoms with E-state index in [1.165, 1.54) is 13.0 Å².